The second-order valence-corrected chi connectivity index (χ2v) is 4.31. The molecule has 1 N–H and O–H groups in total. The van der Waals surface area contributed by atoms with E-state index < -0.39 is 0 Å². The highest BCUT2D eigenvalue weighted by Crippen LogP contribution is 2.27. The van der Waals surface area contributed by atoms with Gasteiger partial charge in [-0.1, -0.05) is 23.2 Å². The van der Waals surface area contributed by atoms with Crippen molar-refractivity contribution in [2.75, 3.05) is 18.0 Å². The van der Waals surface area contributed by atoms with Crippen LogP contribution in [-0.4, -0.2) is 34.5 Å². The number of anilines is 1. The molecule has 0 saturated carbocycles. The Labute approximate surface area is 97.8 Å². The summed E-state index contributed by atoms with van der Waals surface area (Å²) in [5, 5.41) is 17.5. The number of aliphatic hydroxyl groups is 1. The van der Waals surface area contributed by atoms with Gasteiger partial charge in [0.2, 0.25) is 0 Å². The summed E-state index contributed by atoms with van der Waals surface area (Å²) < 4.78 is 0. The summed E-state index contributed by atoms with van der Waals surface area (Å²) in [6.45, 7) is 1.53. The van der Waals surface area contributed by atoms with Gasteiger partial charge in [-0.2, -0.15) is 0 Å². The Kier molecular flexibility index (Phi) is 3.29. The molecule has 1 aromatic rings. The van der Waals surface area contributed by atoms with Gasteiger partial charge in [-0.3, -0.25) is 0 Å². The molecule has 0 bridgehead atoms. The molecule has 0 aliphatic carbocycles. The zero-order chi connectivity index (χ0) is 10.8. The van der Waals surface area contributed by atoms with Crippen LogP contribution in [0.3, 0.4) is 0 Å². The highest BCUT2D eigenvalue weighted by Gasteiger charge is 2.20. The minimum atomic E-state index is -0.203. The van der Waals surface area contributed by atoms with Crippen LogP contribution in [0.5, 0.6) is 0 Å². The van der Waals surface area contributed by atoms with Gasteiger partial charge < -0.3 is 10.0 Å². The maximum absolute atomic E-state index is 9.38. The topological polar surface area (TPSA) is 49.2 Å². The van der Waals surface area contributed by atoms with E-state index in [1.54, 1.807) is 6.07 Å². The molecule has 1 aliphatic rings. The molecular weight excluding hydrogens is 237 g/mol. The lowest BCUT2D eigenvalue weighted by Gasteiger charge is -2.31. The first-order chi connectivity index (χ1) is 7.16. The summed E-state index contributed by atoms with van der Waals surface area (Å²) in [5.41, 5.74) is 0.795. The number of aliphatic hydroxyl groups excluding tert-OH is 1. The van der Waals surface area contributed by atoms with Crippen molar-refractivity contribution in [2.45, 2.75) is 18.9 Å². The first kappa shape index (κ1) is 10.9. The molecule has 82 valence electrons. The van der Waals surface area contributed by atoms with Crippen molar-refractivity contribution in [3.8, 4) is 0 Å². The van der Waals surface area contributed by atoms with E-state index >= 15 is 0 Å². The molecule has 1 fully saturated rings. The van der Waals surface area contributed by atoms with E-state index in [2.05, 4.69) is 15.1 Å². The zero-order valence-electron chi connectivity index (χ0n) is 8.03. The van der Waals surface area contributed by atoms with Crippen LogP contribution < -0.4 is 4.90 Å². The lowest BCUT2D eigenvalue weighted by atomic mass is 10.1. The summed E-state index contributed by atoms with van der Waals surface area (Å²) in [6, 6.07) is 1.70. The Morgan fingerprint density at radius 2 is 1.93 bits per heavy atom. The van der Waals surface area contributed by atoms with E-state index in [9.17, 15) is 5.11 Å². The van der Waals surface area contributed by atoms with Crippen LogP contribution >= 0.6 is 23.2 Å². The third-order valence-corrected chi connectivity index (χ3v) is 2.96. The molecule has 4 nitrogen and oxygen atoms in total. The molecule has 0 radical (unpaired) electrons. The molecule has 0 amide bonds. The van der Waals surface area contributed by atoms with Gasteiger partial charge in [0, 0.05) is 19.2 Å². The molecule has 1 aromatic heterocycles. The number of hydrogen-bond donors (Lipinski definition) is 1. The number of piperidine rings is 1. The third-order valence-electron chi connectivity index (χ3n) is 2.51. The molecule has 6 heteroatoms. The number of nitrogens with zero attached hydrogens (tertiary/aromatic N) is 3. The van der Waals surface area contributed by atoms with Gasteiger partial charge in [0.15, 0.2) is 10.3 Å². The monoisotopic (exact) mass is 247 g/mol. The summed E-state index contributed by atoms with van der Waals surface area (Å²) >= 11 is 11.7. The van der Waals surface area contributed by atoms with Gasteiger partial charge in [0.05, 0.1) is 11.8 Å². The molecule has 2 rings (SSSR count). The highest BCUT2D eigenvalue weighted by molar-refractivity contribution is 6.33. The van der Waals surface area contributed by atoms with E-state index in [4.69, 9.17) is 23.2 Å². The normalized spacial score (nSPS) is 18.2. The first-order valence-corrected chi connectivity index (χ1v) is 5.54. The van der Waals surface area contributed by atoms with Crippen LogP contribution in [-0.2, 0) is 0 Å². The first-order valence-electron chi connectivity index (χ1n) is 4.78. The number of rotatable bonds is 1. The molecule has 0 unspecified atom stereocenters. The molecular formula is C9H11Cl2N3O. The maximum atomic E-state index is 9.38. The van der Waals surface area contributed by atoms with Crippen LogP contribution in [0.25, 0.3) is 0 Å². The Balaban J connectivity index is 2.18. The quantitative estimate of drug-likeness (QED) is 0.822. The van der Waals surface area contributed by atoms with Gasteiger partial charge in [-0.25, -0.2) is 0 Å². The minimum absolute atomic E-state index is 0.203. The van der Waals surface area contributed by atoms with Crippen LogP contribution in [0, 0.1) is 0 Å². The van der Waals surface area contributed by atoms with Crippen molar-refractivity contribution < 1.29 is 5.11 Å². The van der Waals surface area contributed by atoms with Crippen LogP contribution in [0.2, 0.25) is 10.3 Å². The molecule has 1 saturated heterocycles. The lowest BCUT2D eigenvalue weighted by molar-refractivity contribution is 0.145. The lowest BCUT2D eigenvalue weighted by Crippen LogP contribution is -2.36. The Bertz CT molecular complexity index is 353. The van der Waals surface area contributed by atoms with Crippen molar-refractivity contribution in [3.63, 3.8) is 0 Å². The number of hydrogen-bond acceptors (Lipinski definition) is 4. The van der Waals surface area contributed by atoms with E-state index in [0.717, 1.165) is 31.6 Å². The molecule has 15 heavy (non-hydrogen) atoms. The predicted molar refractivity (Wildman–Crippen MR) is 59.5 cm³/mol. The SMILES string of the molecule is OC1CCN(c2cc(Cl)nnc2Cl)CC1. The van der Waals surface area contributed by atoms with E-state index in [1.165, 1.54) is 0 Å². The second kappa shape index (κ2) is 4.51. The molecule has 0 spiro atoms. The van der Waals surface area contributed by atoms with Crippen molar-refractivity contribution in [1.29, 1.82) is 0 Å². The van der Waals surface area contributed by atoms with Gasteiger partial charge >= 0.3 is 0 Å². The standard InChI is InChI=1S/C9H11Cl2N3O/c10-8-5-7(9(11)13-12-8)14-3-1-6(15)2-4-14/h5-6,15H,1-4H2. The predicted octanol–water partition coefficient (Wildman–Crippen LogP) is 1.74. The molecule has 2 heterocycles. The van der Waals surface area contributed by atoms with Crippen molar-refractivity contribution in [1.82, 2.24) is 10.2 Å². The Morgan fingerprint density at radius 1 is 1.27 bits per heavy atom. The molecule has 0 atom stereocenters. The summed E-state index contributed by atoms with van der Waals surface area (Å²) in [5.74, 6) is 0. The highest BCUT2D eigenvalue weighted by atomic mass is 35.5. The van der Waals surface area contributed by atoms with Crippen LogP contribution in [0.15, 0.2) is 6.07 Å². The fraction of sp³-hybridized carbons (Fsp3) is 0.556. The molecule has 1 aliphatic heterocycles. The van der Waals surface area contributed by atoms with Crippen LogP contribution in [0.1, 0.15) is 12.8 Å². The number of aromatic nitrogens is 2. The summed E-state index contributed by atoms with van der Waals surface area (Å²) in [6.07, 6.45) is 1.29. The third kappa shape index (κ3) is 2.51. The largest absolute Gasteiger partial charge is 0.393 e. The van der Waals surface area contributed by atoms with Crippen LogP contribution in [0.4, 0.5) is 5.69 Å². The summed E-state index contributed by atoms with van der Waals surface area (Å²) in [7, 11) is 0. The average molecular weight is 248 g/mol. The fourth-order valence-electron chi connectivity index (χ4n) is 1.67. The van der Waals surface area contributed by atoms with Gasteiger partial charge in [-0.05, 0) is 12.8 Å². The average Bonchev–Trinajstić information content (AvgIpc) is 2.23. The van der Waals surface area contributed by atoms with E-state index in [-0.39, 0.29) is 6.10 Å². The van der Waals surface area contributed by atoms with Gasteiger partial charge in [0.25, 0.3) is 0 Å². The van der Waals surface area contributed by atoms with Crippen molar-refractivity contribution in [3.05, 3.63) is 16.4 Å². The van der Waals surface area contributed by atoms with Gasteiger partial charge in [-0.15, -0.1) is 10.2 Å². The van der Waals surface area contributed by atoms with Gasteiger partial charge in [0.1, 0.15) is 0 Å². The van der Waals surface area contributed by atoms with E-state index in [1.807, 2.05) is 0 Å². The Morgan fingerprint density at radius 3 is 2.60 bits per heavy atom. The zero-order valence-corrected chi connectivity index (χ0v) is 9.54. The smallest absolute Gasteiger partial charge is 0.175 e. The van der Waals surface area contributed by atoms with Crippen molar-refractivity contribution in [2.24, 2.45) is 0 Å². The van der Waals surface area contributed by atoms with Crippen molar-refractivity contribution >= 4 is 28.9 Å². The second-order valence-electron chi connectivity index (χ2n) is 3.56. The minimum Gasteiger partial charge on any atom is -0.393 e. The van der Waals surface area contributed by atoms with E-state index in [0.29, 0.717) is 10.3 Å². The maximum Gasteiger partial charge on any atom is 0.175 e. The Hall–Kier alpha value is -0.580. The summed E-state index contributed by atoms with van der Waals surface area (Å²) in [4.78, 5) is 2.07. The fourth-order valence-corrected chi connectivity index (χ4v) is 2.03. The number of halogens is 2. The molecule has 0 aromatic carbocycles.